The number of esters is 1. The fraction of sp³-hybridized carbons (Fsp3) is 0.400. The molecule has 2 aromatic heterocycles. The lowest BCUT2D eigenvalue weighted by Crippen LogP contribution is -2.28. The molecule has 0 spiro atoms. The Labute approximate surface area is 157 Å². The highest BCUT2D eigenvalue weighted by molar-refractivity contribution is 5.69. The molecule has 7 heteroatoms. The van der Waals surface area contributed by atoms with E-state index in [1.54, 1.807) is 25.1 Å². The van der Waals surface area contributed by atoms with Gasteiger partial charge < -0.3 is 23.6 Å². The van der Waals surface area contributed by atoms with E-state index in [9.17, 15) is 9.59 Å². The summed E-state index contributed by atoms with van der Waals surface area (Å²) in [5, 5.41) is 2.74. The number of amides is 1. The Morgan fingerprint density at radius 3 is 2.74 bits per heavy atom. The van der Waals surface area contributed by atoms with Crippen molar-refractivity contribution >= 4 is 12.1 Å². The standard InChI is InChI=1S/C20H21NO6/c1-24-19(22)5-3-2-4-8-21-20(23)27-18-9-16-12-25-10-14(16)6-7-15-11-26-13-17(15)18/h10-13,18H,2-5,8-9H2,1H3,(H,21,23). The molecule has 0 aliphatic heterocycles. The molecule has 0 radical (unpaired) electrons. The molecule has 142 valence electrons. The molecule has 1 N–H and O–H groups in total. The Bertz CT molecular complexity index is 853. The first-order chi connectivity index (χ1) is 13.2. The summed E-state index contributed by atoms with van der Waals surface area (Å²) in [5.41, 5.74) is 3.10. The molecule has 1 aliphatic rings. The molecule has 2 heterocycles. The van der Waals surface area contributed by atoms with Crippen molar-refractivity contribution in [1.82, 2.24) is 5.32 Å². The number of methoxy groups -OCH3 is 1. The number of fused-ring (bicyclic) bond motifs is 2. The molecule has 1 amide bonds. The summed E-state index contributed by atoms with van der Waals surface area (Å²) < 4.78 is 20.7. The van der Waals surface area contributed by atoms with Crippen molar-refractivity contribution in [2.45, 2.75) is 38.2 Å². The predicted octanol–water partition coefficient (Wildman–Crippen LogP) is 3.33. The monoisotopic (exact) mass is 371 g/mol. The maximum atomic E-state index is 12.2. The SMILES string of the molecule is COC(=O)CCCCCNC(=O)OC1Cc2cocc2C#Cc2cocc21. The van der Waals surface area contributed by atoms with Gasteiger partial charge in [-0.15, -0.1) is 0 Å². The van der Waals surface area contributed by atoms with Gasteiger partial charge in [-0.2, -0.15) is 0 Å². The Kier molecular flexibility index (Phi) is 6.21. The number of rotatable bonds is 7. The van der Waals surface area contributed by atoms with Crippen molar-refractivity contribution in [3.05, 3.63) is 47.3 Å². The Hall–Kier alpha value is -3.14. The number of ether oxygens (including phenoxy) is 2. The van der Waals surface area contributed by atoms with E-state index < -0.39 is 12.2 Å². The molecule has 1 atom stereocenters. The van der Waals surface area contributed by atoms with Crippen molar-refractivity contribution in [2.75, 3.05) is 13.7 Å². The molecule has 0 saturated carbocycles. The molecule has 1 unspecified atom stereocenters. The molecule has 0 aromatic carbocycles. The number of hydrogen-bond donors (Lipinski definition) is 1. The number of carbonyl (C=O) groups is 2. The van der Waals surface area contributed by atoms with Crippen LogP contribution < -0.4 is 5.32 Å². The Balaban J connectivity index is 1.51. The summed E-state index contributed by atoms with van der Waals surface area (Å²) in [6.45, 7) is 0.474. The van der Waals surface area contributed by atoms with E-state index in [0.717, 1.165) is 36.0 Å². The zero-order valence-electron chi connectivity index (χ0n) is 15.1. The second-order valence-corrected chi connectivity index (χ2v) is 6.21. The maximum absolute atomic E-state index is 12.2. The van der Waals surface area contributed by atoms with Crippen LogP contribution in [0.15, 0.2) is 33.9 Å². The molecule has 0 fully saturated rings. The Morgan fingerprint density at radius 1 is 1.11 bits per heavy atom. The van der Waals surface area contributed by atoms with Gasteiger partial charge in [0.25, 0.3) is 0 Å². The van der Waals surface area contributed by atoms with Crippen LogP contribution in [0.3, 0.4) is 0 Å². The molecule has 3 rings (SSSR count). The van der Waals surface area contributed by atoms with Crippen molar-refractivity contribution < 1.29 is 27.9 Å². The fourth-order valence-electron chi connectivity index (χ4n) is 2.83. The third kappa shape index (κ3) is 4.94. The Morgan fingerprint density at radius 2 is 1.89 bits per heavy atom. The predicted molar refractivity (Wildman–Crippen MR) is 94.8 cm³/mol. The van der Waals surface area contributed by atoms with Gasteiger partial charge in [0.15, 0.2) is 0 Å². The highest BCUT2D eigenvalue weighted by atomic mass is 16.6. The van der Waals surface area contributed by atoms with Gasteiger partial charge in [-0.3, -0.25) is 4.79 Å². The van der Waals surface area contributed by atoms with E-state index in [-0.39, 0.29) is 5.97 Å². The van der Waals surface area contributed by atoms with E-state index in [1.807, 2.05) is 0 Å². The van der Waals surface area contributed by atoms with Crippen molar-refractivity contribution in [2.24, 2.45) is 0 Å². The van der Waals surface area contributed by atoms with Crippen LogP contribution in [0, 0.1) is 11.8 Å². The van der Waals surface area contributed by atoms with E-state index in [1.165, 1.54) is 7.11 Å². The van der Waals surface area contributed by atoms with Crippen LogP contribution in [0.4, 0.5) is 4.79 Å². The van der Waals surface area contributed by atoms with Gasteiger partial charge in [0.1, 0.15) is 18.6 Å². The number of hydrogen-bond acceptors (Lipinski definition) is 6. The number of nitrogens with one attached hydrogen (secondary N) is 1. The van der Waals surface area contributed by atoms with Crippen molar-refractivity contribution in [3.63, 3.8) is 0 Å². The summed E-state index contributed by atoms with van der Waals surface area (Å²) in [6.07, 6.45) is 8.44. The largest absolute Gasteiger partial charge is 0.471 e. The number of carbonyl (C=O) groups excluding carboxylic acids is 2. The van der Waals surface area contributed by atoms with Crippen LogP contribution >= 0.6 is 0 Å². The number of furan rings is 2. The second kappa shape index (κ2) is 8.99. The lowest BCUT2D eigenvalue weighted by atomic mass is 9.97. The van der Waals surface area contributed by atoms with Gasteiger partial charge >= 0.3 is 12.1 Å². The maximum Gasteiger partial charge on any atom is 0.407 e. The third-order valence-electron chi connectivity index (χ3n) is 4.32. The molecule has 27 heavy (non-hydrogen) atoms. The summed E-state index contributed by atoms with van der Waals surface area (Å²) in [7, 11) is 1.37. The van der Waals surface area contributed by atoms with Crippen LogP contribution in [0.1, 0.15) is 54.0 Å². The first kappa shape index (κ1) is 18.6. The highest BCUT2D eigenvalue weighted by Gasteiger charge is 2.24. The van der Waals surface area contributed by atoms with Crippen LogP contribution in [0.25, 0.3) is 0 Å². The zero-order chi connectivity index (χ0) is 19.1. The average molecular weight is 371 g/mol. The number of unbranched alkanes of at least 4 members (excludes halogenated alkanes) is 2. The van der Waals surface area contributed by atoms with Gasteiger partial charge in [0.05, 0.1) is 30.8 Å². The molecular formula is C20H21NO6. The molecule has 7 nitrogen and oxygen atoms in total. The summed E-state index contributed by atoms with van der Waals surface area (Å²) in [6, 6.07) is 0. The summed E-state index contributed by atoms with van der Waals surface area (Å²) in [5.74, 6) is 5.83. The van der Waals surface area contributed by atoms with Gasteiger partial charge in [-0.1, -0.05) is 18.3 Å². The fourth-order valence-corrected chi connectivity index (χ4v) is 2.83. The third-order valence-corrected chi connectivity index (χ3v) is 4.32. The van der Waals surface area contributed by atoms with Gasteiger partial charge in [0.2, 0.25) is 0 Å². The second-order valence-electron chi connectivity index (χ2n) is 6.21. The first-order valence-electron chi connectivity index (χ1n) is 8.82. The normalized spacial score (nSPS) is 14.6. The van der Waals surface area contributed by atoms with Gasteiger partial charge in [-0.05, 0) is 12.8 Å². The first-order valence-corrected chi connectivity index (χ1v) is 8.82. The zero-order valence-corrected chi connectivity index (χ0v) is 15.1. The molecule has 2 aromatic rings. The minimum atomic E-state index is -0.510. The van der Waals surface area contributed by atoms with Crippen LogP contribution in [0.2, 0.25) is 0 Å². The van der Waals surface area contributed by atoms with Crippen LogP contribution in [0.5, 0.6) is 0 Å². The van der Waals surface area contributed by atoms with Crippen molar-refractivity contribution in [3.8, 4) is 11.8 Å². The van der Waals surface area contributed by atoms with E-state index >= 15 is 0 Å². The number of alkyl carbamates (subject to hydrolysis) is 1. The van der Waals surface area contributed by atoms with Crippen molar-refractivity contribution in [1.29, 1.82) is 0 Å². The van der Waals surface area contributed by atoms with E-state index in [2.05, 4.69) is 21.9 Å². The molecule has 0 bridgehead atoms. The van der Waals surface area contributed by atoms with Gasteiger partial charge in [-0.25, -0.2) is 4.79 Å². The molecular weight excluding hydrogens is 350 g/mol. The summed E-state index contributed by atoms with van der Waals surface area (Å²) >= 11 is 0. The smallest absolute Gasteiger partial charge is 0.407 e. The minimum Gasteiger partial charge on any atom is -0.471 e. The molecule has 0 saturated heterocycles. The van der Waals surface area contributed by atoms with Crippen LogP contribution in [-0.2, 0) is 20.7 Å². The topological polar surface area (TPSA) is 90.9 Å². The minimum absolute atomic E-state index is 0.218. The average Bonchev–Trinajstić information content (AvgIpc) is 3.29. The summed E-state index contributed by atoms with van der Waals surface area (Å²) in [4.78, 5) is 23.2. The lowest BCUT2D eigenvalue weighted by Gasteiger charge is -2.18. The van der Waals surface area contributed by atoms with E-state index in [0.29, 0.717) is 24.9 Å². The van der Waals surface area contributed by atoms with Crippen LogP contribution in [-0.4, -0.2) is 25.7 Å². The van der Waals surface area contributed by atoms with E-state index in [4.69, 9.17) is 13.6 Å². The molecule has 1 aliphatic carbocycles. The van der Waals surface area contributed by atoms with Gasteiger partial charge in [0, 0.05) is 30.5 Å². The highest BCUT2D eigenvalue weighted by Crippen LogP contribution is 2.29. The lowest BCUT2D eigenvalue weighted by molar-refractivity contribution is -0.140. The quantitative estimate of drug-likeness (QED) is 0.456.